The number of nitrogens with one attached hydrogen (secondary N) is 4. The Bertz CT molecular complexity index is 574. The van der Waals surface area contributed by atoms with Gasteiger partial charge in [0.05, 0.1) is 11.5 Å². The van der Waals surface area contributed by atoms with E-state index in [0.717, 1.165) is 0 Å². The molecule has 1 atom stereocenters. The maximum Gasteiger partial charge on any atom is 0.321 e. The van der Waals surface area contributed by atoms with Crippen molar-refractivity contribution in [3.05, 3.63) is 4.77 Å². The predicted octanol–water partition coefficient (Wildman–Crippen LogP) is -0.224. The van der Waals surface area contributed by atoms with Crippen molar-refractivity contribution in [1.29, 1.82) is 0 Å². The van der Waals surface area contributed by atoms with Gasteiger partial charge in [-0.1, -0.05) is 0 Å². The van der Waals surface area contributed by atoms with Crippen LogP contribution in [-0.4, -0.2) is 47.2 Å². The standard InChI is InChI=1S/C7H11N5O3S2/c13-6(9-5-10-7(16)12-11-5)8-4-1-2-17(14,15)3-4/h4H,1-3H2,(H4,8,9,10,11,12,13,16). The highest BCUT2D eigenvalue weighted by Gasteiger charge is 2.28. The number of urea groups is 1. The van der Waals surface area contributed by atoms with Crippen LogP contribution >= 0.6 is 12.2 Å². The van der Waals surface area contributed by atoms with Crippen molar-refractivity contribution in [2.24, 2.45) is 0 Å². The lowest BCUT2D eigenvalue weighted by atomic mass is 10.3. The molecule has 0 spiro atoms. The first-order valence-electron chi connectivity index (χ1n) is 4.87. The minimum atomic E-state index is -3.00. The van der Waals surface area contributed by atoms with E-state index >= 15 is 0 Å². The molecule has 1 aliphatic heterocycles. The van der Waals surface area contributed by atoms with Gasteiger partial charge in [0.15, 0.2) is 9.84 Å². The molecule has 10 heteroatoms. The first-order valence-corrected chi connectivity index (χ1v) is 7.10. The first-order chi connectivity index (χ1) is 7.94. The molecule has 0 aromatic carbocycles. The van der Waals surface area contributed by atoms with Gasteiger partial charge in [0.1, 0.15) is 0 Å². The summed E-state index contributed by atoms with van der Waals surface area (Å²) in [6.07, 6.45) is 0.437. The van der Waals surface area contributed by atoms with Crippen molar-refractivity contribution in [2.75, 3.05) is 16.8 Å². The Kier molecular flexibility index (Phi) is 3.15. The Morgan fingerprint density at radius 1 is 1.47 bits per heavy atom. The predicted molar refractivity (Wildman–Crippen MR) is 63.0 cm³/mol. The fraction of sp³-hybridized carbons (Fsp3) is 0.571. The number of rotatable bonds is 2. The Morgan fingerprint density at radius 2 is 2.24 bits per heavy atom. The fourth-order valence-corrected chi connectivity index (χ4v) is 3.38. The molecule has 8 nitrogen and oxygen atoms in total. The first kappa shape index (κ1) is 12.0. The number of carbonyl (C=O) groups is 1. The Morgan fingerprint density at radius 3 is 2.76 bits per heavy atom. The normalized spacial score (nSPS) is 22.2. The number of nitrogens with zero attached hydrogens (tertiary/aromatic N) is 1. The molecule has 1 fully saturated rings. The minimum absolute atomic E-state index is 0.0169. The number of amides is 2. The van der Waals surface area contributed by atoms with Gasteiger partial charge in [-0.05, 0) is 18.6 Å². The van der Waals surface area contributed by atoms with Crippen LogP contribution in [0.2, 0.25) is 0 Å². The number of anilines is 1. The SMILES string of the molecule is O=C(Nc1nc(=S)[nH][nH]1)NC1CCS(=O)(=O)C1. The monoisotopic (exact) mass is 277 g/mol. The molecule has 1 aromatic heterocycles. The van der Waals surface area contributed by atoms with Gasteiger partial charge >= 0.3 is 6.03 Å². The van der Waals surface area contributed by atoms with Gasteiger partial charge in [-0.3, -0.25) is 15.5 Å². The van der Waals surface area contributed by atoms with E-state index in [0.29, 0.717) is 6.42 Å². The molecule has 2 rings (SSSR count). The molecule has 0 radical (unpaired) electrons. The summed E-state index contributed by atoms with van der Waals surface area (Å²) in [7, 11) is -3.00. The van der Waals surface area contributed by atoms with Gasteiger partial charge in [0.25, 0.3) is 0 Å². The summed E-state index contributed by atoms with van der Waals surface area (Å²) in [5.74, 6) is 0.285. The topological polar surface area (TPSA) is 120 Å². The van der Waals surface area contributed by atoms with Crippen LogP contribution in [-0.2, 0) is 9.84 Å². The van der Waals surface area contributed by atoms with Gasteiger partial charge in [0.2, 0.25) is 10.7 Å². The summed E-state index contributed by atoms with van der Waals surface area (Å²) in [6.45, 7) is 0. The van der Waals surface area contributed by atoms with Crippen LogP contribution in [0.15, 0.2) is 0 Å². The molecule has 1 saturated heterocycles. The quantitative estimate of drug-likeness (QED) is 0.557. The van der Waals surface area contributed by atoms with Gasteiger partial charge in [-0.25, -0.2) is 13.2 Å². The lowest BCUT2D eigenvalue weighted by molar-refractivity contribution is 0.249. The maximum absolute atomic E-state index is 11.5. The smallest absolute Gasteiger partial charge is 0.321 e. The molecule has 0 saturated carbocycles. The summed E-state index contributed by atoms with van der Waals surface area (Å²) in [4.78, 5) is 15.2. The number of H-pyrrole nitrogens is 2. The molecule has 17 heavy (non-hydrogen) atoms. The summed E-state index contributed by atoms with van der Waals surface area (Å²) < 4.78 is 22.6. The molecule has 4 N–H and O–H groups in total. The van der Waals surface area contributed by atoms with Crippen LogP contribution in [0.1, 0.15) is 6.42 Å². The molecule has 94 valence electrons. The number of hydrogen-bond acceptors (Lipinski definition) is 5. The van der Waals surface area contributed by atoms with Crippen molar-refractivity contribution in [1.82, 2.24) is 20.5 Å². The second kappa shape index (κ2) is 4.45. The molecule has 0 aliphatic carbocycles. The number of hydrogen-bond donors (Lipinski definition) is 4. The highest BCUT2D eigenvalue weighted by molar-refractivity contribution is 7.91. The lowest BCUT2D eigenvalue weighted by Gasteiger charge is -2.10. The third kappa shape index (κ3) is 3.27. The Hall–Kier alpha value is -1.42. The van der Waals surface area contributed by atoms with E-state index in [1.165, 1.54) is 0 Å². The number of carbonyl (C=O) groups excluding carboxylic acids is 1. The minimum Gasteiger partial charge on any atom is -0.334 e. The van der Waals surface area contributed by atoms with Crippen molar-refractivity contribution < 1.29 is 13.2 Å². The molecule has 2 amide bonds. The van der Waals surface area contributed by atoms with E-state index in [2.05, 4.69) is 25.8 Å². The zero-order chi connectivity index (χ0) is 12.5. The van der Waals surface area contributed by atoms with Gasteiger partial charge in [-0.15, -0.1) is 0 Å². The van der Waals surface area contributed by atoms with Crippen LogP contribution < -0.4 is 10.6 Å². The summed E-state index contributed by atoms with van der Waals surface area (Å²) in [5, 5.41) is 10.0. The largest absolute Gasteiger partial charge is 0.334 e. The highest BCUT2D eigenvalue weighted by Crippen LogP contribution is 2.11. The van der Waals surface area contributed by atoms with Crippen LogP contribution in [0.3, 0.4) is 0 Å². The third-order valence-electron chi connectivity index (χ3n) is 2.30. The zero-order valence-corrected chi connectivity index (χ0v) is 10.3. The van der Waals surface area contributed by atoms with Crippen LogP contribution in [0.4, 0.5) is 10.7 Å². The number of sulfone groups is 1. The van der Waals surface area contributed by atoms with E-state index in [4.69, 9.17) is 12.2 Å². The van der Waals surface area contributed by atoms with Gasteiger partial charge in [0, 0.05) is 6.04 Å². The molecule has 2 heterocycles. The molecule has 1 aliphatic rings. The zero-order valence-electron chi connectivity index (χ0n) is 8.69. The van der Waals surface area contributed by atoms with Crippen molar-refractivity contribution in [3.8, 4) is 0 Å². The van der Waals surface area contributed by atoms with E-state index in [1.54, 1.807) is 0 Å². The summed E-state index contributed by atoms with van der Waals surface area (Å²) >= 11 is 4.71. The van der Waals surface area contributed by atoms with Gasteiger partial charge in [-0.2, -0.15) is 4.98 Å². The maximum atomic E-state index is 11.5. The number of aromatic nitrogens is 3. The van der Waals surface area contributed by atoms with Crippen molar-refractivity contribution in [2.45, 2.75) is 12.5 Å². The number of aromatic amines is 2. The molecule has 1 aromatic rings. The average molecular weight is 277 g/mol. The Balaban J connectivity index is 1.88. The van der Waals surface area contributed by atoms with E-state index < -0.39 is 15.9 Å². The Labute approximate surface area is 102 Å². The van der Waals surface area contributed by atoms with E-state index in [9.17, 15) is 13.2 Å². The second-order valence-corrected chi connectivity index (χ2v) is 6.33. The third-order valence-corrected chi connectivity index (χ3v) is 4.26. The average Bonchev–Trinajstić information content (AvgIpc) is 2.73. The molecular weight excluding hydrogens is 266 g/mol. The summed E-state index contributed by atoms with van der Waals surface area (Å²) in [5.41, 5.74) is 0. The van der Waals surface area contributed by atoms with E-state index in [-0.39, 0.29) is 28.3 Å². The van der Waals surface area contributed by atoms with E-state index in [1.807, 2.05) is 0 Å². The van der Waals surface area contributed by atoms with Crippen LogP contribution in [0.25, 0.3) is 0 Å². The lowest BCUT2D eigenvalue weighted by Crippen LogP contribution is -2.38. The summed E-state index contributed by atoms with van der Waals surface area (Å²) in [6, 6.07) is -0.855. The van der Waals surface area contributed by atoms with Gasteiger partial charge < -0.3 is 5.32 Å². The fourth-order valence-electron chi connectivity index (χ4n) is 1.57. The highest BCUT2D eigenvalue weighted by atomic mass is 32.2. The second-order valence-electron chi connectivity index (χ2n) is 3.71. The molecule has 0 bridgehead atoms. The van der Waals surface area contributed by atoms with Crippen molar-refractivity contribution >= 4 is 34.0 Å². The van der Waals surface area contributed by atoms with Crippen LogP contribution in [0, 0.1) is 4.77 Å². The molecular formula is C7H11N5O3S2. The van der Waals surface area contributed by atoms with Crippen molar-refractivity contribution in [3.63, 3.8) is 0 Å². The van der Waals surface area contributed by atoms with Crippen LogP contribution in [0.5, 0.6) is 0 Å². The molecule has 1 unspecified atom stereocenters.